The molecule has 2 saturated heterocycles. The summed E-state index contributed by atoms with van der Waals surface area (Å²) in [6.07, 6.45) is 5.07. The molecule has 2 aliphatic heterocycles. The molecule has 2 heterocycles. The van der Waals surface area contributed by atoms with Gasteiger partial charge in [0.15, 0.2) is 0 Å². The average Bonchev–Trinajstić information content (AvgIpc) is 3.58. The van der Waals surface area contributed by atoms with Crippen molar-refractivity contribution in [2.45, 2.75) is 26.7 Å². The van der Waals surface area contributed by atoms with Crippen molar-refractivity contribution in [3.63, 3.8) is 0 Å². The Labute approximate surface area is 203 Å². The Balaban J connectivity index is 1.18. The van der Waals surface area contributed by atoms with Crippen LogP contribution in [0.15, 0.2) is 54.6 Å². The van der Waals surface area contributed by atoms with Crippen LogP contribution in [0.3, 0.4) is 0 Å². The molecule has 35 heavy (non-hydrogen) atoms. The smallest absolute Gasteiger partial charge is 0.316 e. The molecule has 2 aromatic carbocycles. The van der Waals surface area contributed by atoms with Crippen LogP contribution in [0.4, 0.5) is 11.4 Å². The molecule has 2 aromatic rings. The van der Waals surface area contributed by atoms with Crippen molar-refractivity contribution in [2.75, 3.05) is 16.3 Å². The highest BCUT2D eigenvalue weighted by molar-refractivity contribution is 6.22. The maximum Gasteiger partial charge on any atom is 0.316 e. The Morgan fingerprint density at radius 2 is 1.54 bits per heavy atom. The lowest BCUT2D eigenvalue weighted by atomic mass is 9.85. The van der Waals surface area contributed by atoms with Gasteiger partial charge in [-0.2, -0.15) is 0 Å². The quantitative estimate of drug-likeness (QED) is 0.295. The lowest BCUT2D eigenvalue weighted by molar-refractivity contribution is -0.139. The number of para-hydroxylation sites is 1. The van der Waals surface area contributed by atoms with E-state index in [-0.39, 0.29) is 60.1 Å². The number of allylic oxidation sites excluding steroid dienone is 2. The number of hydrogen-bond acceptors (Lipinski definition) is 5. The number of imide groups is 1. The van der Waals surface area contributed by atoms with Gasteiger partial charge < -0.3 is 9.64 Å². The Bertz CT molecular complexity index is 1260. The van der Waals surface area contributed by atoms with Gasteiger partial charge in [0.1, 0.15) is 5.75 Å². The van der Waals surface area contributed by atoms with Crippen molar-refractivity contribution in [1.29, 1.82) is 0 Å². The number of nitrogens with zero attached hydrogens (tertiary/aromatic N) is 2. The first-order valence-electron chi connectivity index (χ1n) is 12.1. The summed E-state index contributed by atoms with van der Waals surface area (Å²) in [4.78, 5) is 54.8. The molecule has 0 radical (unpaired) electrons. The largest absolute Gasteiger partial charge is 0.426 e. The molecule has 7 heteroatoms. The fourth-order valence-corrected chi connectivity index (χ4v) is 6.36. The van der Waals surface area contributed by atoms with E-state index < -0.39 is 11.9 Å². The Kier molecular flexibility index (Phi) is 4.91. The molecule has 2 bridgehead atoms. The van der Waals surface area contributed by atoms with Gasteiger partial charge in [0.05, 0.1) is 23.4 Å². The van der Waals surface area contributed by atoms with Crippen LogP contribution in [0, 0.1) is 43.4 Å². The van der Waals surface area contributed by atoms with Gasteiger partial charge in [0.2, 0.25) is 17.7 Å². The summed E-state index contributed by atoms with van der Waals surface area (Å²) in [5.41, 5.74) is 3.22. The van der Waals surface area contributed by atoms with E-state index in [4.69, 9.17) is 4.74 Å². The van der Waals surface area contributed by atoms with Crippen molar-refractivity contribution in [3.05, 3.63) is 65.7 Å². The second-order valence-corrected chi connectivity index (χ2v) is 10.1. The van der Waals surface area contributed by atoms with Gasteiger partial charge in [-0.25, -0.2) is 4.90 Å². The first-order chi connectivity index (χ1) is 16.8. The fraction of sp³-hybridized carbons (Fsp3) is 0.357. The number of benzene rings is 2. The molecule has 0 N–H and O–H groups in total. The summed E-state index contributed by atoms with van der Waals surface area (Å²) in [5, 5.41) is 0. The summed E-state index contributed by atoms with van der Waals surface area (Å²) in [5.74, 6) is -1.61. The van der Waals surface area contributed by atoms with E-state index in [1.165, 1.54) is 4.90 Å². The number of anilines is 2. The average molecular weight is 471 g/mol. The zero-order chi connectivity index (χ0) is 24.4. The topological polar surface area (TPSA) is 84.0 Å². The van der Waals surface area contributed by atoms with Gasteiger partial charge in [-0.1, -0.05) is 36.4 Å². The maximum absolute atomic E-state index is 13.1. The highest BCUT2D eigenvalue weighted by Gasteiger charge is 2.59. The summed E-state index contributed by atoms with van der Waals surface area (Å²) in [7, 11) is 0. The van der Waals surface area contributed by atoms with Crippen LogP contribution < -0.4 is 14.5 Å². The van der Waals surface area contributed by atoms with Gasteiger partial charge in [-0.15, -0.1) is 0 Å². The van der Waals surface area contributed by atoms with Crippen molar-refractivity contribution in [2.24, 2.45) is 29.6 Å². The molecule has 0 aromatic heterocycles. The molecule has 0 unspecified atom stereocenters. The molecular formula is C28H26N2O5. The molecule has 3 amide bonds. The predicted molar refractivity (Wildman–Crippen MR) is 129 cm³/mol. The number of ether oxygens (including phenoxy) is 1. The van der Waals surface area contributed by atoms with Crippen LogP contribution >= 0.6 is 0 Å². The van der Waals surface area contributed by atoms with E-state index in [2.05, 4.69) is 12.2 Å². The predicted octanol–water partition coefficient (Wildman–Crippen LogP) is 3.57. The molecule has 1 saturated carbocycles. The van der Waals surface area contributed by atoms with Gasteiger partial charge in [-0.3, -0.25) is 19.2 Å². The number of amides is 3. The number of rotatable bonds is 4. The van der Waals surface area contributed by atoms with Crippen LogP contribution in [-0.2, 0) is 19.2 Å². The minimum absolute atomic E-state index is 0.0779. The van der Waals surface area contributed by atoms with Crippen LogP contribution in [0.1, 0.15) is 24.0 Å². The number of carbonyl (C=O) groups is 4. The highest BCUT2D eigenvalue weighted by Crippen LogP contribution is 2.53. The van der Waals surface area contributed by atoms with Crippen molar-refractivity contribution in [1.82, 2.24) is 0 Å². The molecule has 5 atom stereocenters. The zero-order valence-corrected chi connectivity index (χ0v) is 19.6. The number of aryl methyl sites for hydroxylation is 2. The molecule has 3 fully saturated rings. The van der Waals surface area contributed by atoms with Crippen molar-refractivity contribution >= 4 is 35.1 Å². The second kappa shape index (κ2) is 7.90. The lowest BCUT2D eigenvalue weighted by Crippen LogP contribution is -2.32. The summed E-state index contributed by atoms with van der Waals surface area (Å²) >= 11 is 0. The van der Waals surface area contributed by atoms with E-state index in [1.807, 2.05) is 32.0 Å². The molecule has 0 spiro atoms. The van der Waals surface area contributed by atoms with E-state index in [0.717, 1.165) is 23.2 Å². The molecule has 7 nitrogen and oxygen atoms in total. The number of hydrogen-bond donors (Lipinski definition) is 0. The normalized spacial score (nSPS) is 28.9. The van der Waals surface area contributed by atoms with Gasteiger partial charge in [0, 0.05) is 24.7 Å². The maximum atomic E-state index is 13.1. The first kappa shape index (κ1) is 21.8. The minimum atomic E-state index is -0.596. The van der Waals surface area contributed by atoms with Crippen LogP contribution in [-0.4, -0.2) is 30.2 Å². The first-order valence-corrected chi connectivity index (χ1v) is 12.1. The number of esters is 1. The molecule has 2 aliphatic carbocycles. The molecular weight excluding hydrogens is 444 g/mol. The Hall–Kier alpha value is -3.74. The van der Waals surface area contributed by atoms with E-state index in [9.17, 15) is 19.2 Å². The number of fused-ring (bicyclic) bond motifs is 5. The SMILES string of the molecule is Cc1cccc(C)c1N1C[C@H](C(=O)Oc2cccc(N3C(=O)[C@H]4[C@H](C3=O)[C@H]3C=C[C@H]4C3)c2)CC1=O. The summed E-state index contributed by atoms with van der Waals surface area (Å²) < 4.78 is 5.63. The van der Waals surface area contributed by atoms with Crippen molar-refractivity contribution < 1.29 is 23.9 Å². The van der Waals surface area contributed by atoms with Gasteiger partial charge >= 0.3 is 5.97 Å². The zero-order valence-electron chi connectivity index (χ0n) is 19.6. The number of carbonyl (C=O) groups excluding carboxylic acids is 4. The molecule has 4 aliphatic rings. The second-order valence-electron chi connectivity index (χ2n) is 10.1. The van der Waals surface area contributed by atoms with Crippen LogP contribution in [0.25, 0.3) is 0 Å². The van der Waals surface area contributed by atoms with Crippen LogP contribution in [0.5, 0.6) is 5.75 Å². The Morgan fingerprint density at radius 3 is 2.20 bits per heavy atom. The molecule has 178 valence electrons. The summed E-state index contributed by atoms with van der Waals surface area (Å²) in [6, 6.07) is 12.4. The molecule has 6 rings (SSSR count). The minimum Gasteiger partial charge on any atom is -0.426 e. The van der Waals surface area contributed by atoms with Gasteiger partial charge in [0.25, 0.3) is 0 Å². The third-order valence-corrected chi connectivity index (χ3v) is 7.93. The van der Waals surface area contributed by atoms with E-state index in [1.54, 1.807) is 29.2 Å². The monoisotopic (exact) mass is 470 g/mol. The lowest BCUT2D eigenvalue weighted by Gasteiger charge is -2.21. The fourth-order valence-electron chi connectivity index (χ4n) is 6.36. The van der Waals surface area contributed by atoms with Gasteiger partial charge in [-0.05, 0) is 55.4 Å². The Morgan fingerprint density at radius 1 is 0.914 bits per heavy atom. The third-order valence-electron chi connectivity index (χ3n) is 7.93. The van der Waals surface area contributed by atoms with E-state index in [0.29, 0.717) is 5.69 Å². The van der Waals surface area contributed by atoms with Crippen molar-refractivity contribution in [3.8, 4) is 5.75 Å². The van der Waals surface area contributed by atoms with E-state index >= 15 is 0 Å². The van der Waals surface area contributed by atoms with Crippen LogP contribution in [0.2, 0.25) is 0 Å². The standard InChI is InChI=1S/C28H26N2O5/c1-15-5-3-6-16(2)25(15)29-14-19(12-22(29)31)28(34)35-21-8-4-7-20(13-21)30-26(32)23-17-9-10-18(11-17)24(23)27(30)33/h3-10,13,17-19,23-24H,11-12,14H2,1-2H3/t17-,18-,19+,23+,24+/m0/s1. The highest BCUT2D eigenvalue weighted by atomic mass is 16.5. The summed E-state index contributed by atoms with van der Waals surface area (Å²) in [6.45, 7) is 4.15. The third kappa shape index (κ3) is 3.32.